The Labute approximate surface area is 110 Å². The molecule has 1 aromatic rings. The molecule has 90 valence electrons. The first kappa shape index (κ1) is 12.4. The first-order chi connectivity index (χ1) is 8.11. The smallest absolute Gasteiger partial charge is 0.101 e. The van der Waals surface area contributed by atoms with E-state index in [4.69, 9.17) is 11.0 Å². The maximum atomic E-state index is 9.13. The average Bonchev–Trinajstić information content (AvgIpc) is 2.32. The lowest BCUT2D eigenvalue weighted by molar-refractivity contribution is 0.379. The van der Waals surface area contributed by atoms with Crippen LogP contribution >= 0.6 is 15.9 Å². The Morgan fingerprint density at radius 1 is 1.53 bits per heavy atom. The topological polar surface area (TPSA) is 53.0 Å². The van der Waals surface area contributed by atoms with E-state index < -0.39 is 0 Å². The summed E-state index contributed by atoms with van der Waals surface area (Å²) in [6.45, 7) is 3.99. The molecule has 17 heavy (non-hydrogen) atoms. The second-order valence-corrected chi connectivity index (χ2v) is 5.56. The highest BCUT2D eigenvalue weighted by atomic mass is 79.9. The van der Waals surface area contributed by atoms with Gasteiger partial charge in [0.2, 0.25) is 0 Å². The van der Waals surface area contributed by atoms with Crippen LogP contribution in [0.4, 0.5) is 5.69 Å². The second-order valence-electron chi connectivity index (χ2n) is 4.65. The number of nitrogens with zero attached hydrogens (tertiary/aromatic N) is 2. The molecule has 0 aromatic heterocycles. The molecule has 2 atom stereocenters. The summed E-state index contributed by atoms with van der Waals surface area (Å²) in [6, 6.07) is 8.18. The minimum atomic E-state index is 0.189. The van der Waals surface area contributed by atoms with Crippen molar-refractivity contribution in [2.45, 2.75) is 19.4 Å². The van der Waals surface area contributed by atoms with Gasteiger partial charge in [-0.15, -0.1) is 0 Å². The number of benzene rings is 1. The van der Waals surface area contributed by atoms with E-state index in [-0.39, 0.29) is 6.04 Å². The summed E-state index contributed by atoms with van der Waals surface area (Å²) in [4.78, 5) is 2.22. The van der Waals surface area contributed by atoms with Crippen LogP contribution in [-0.4, -0.2) is 19.1 Å². The van der Waals surface area contributed by atoms with E-state index in [1.54, 1.807) is 0 Å². The third-order valence-electron chi connectivity index (χ3n) is 3.44. The van der Waals surface area contributed by atoms with Crippen LogP contribution in [0.5, 0.6) is 0 Å². The van der Waals surface area contributed by atoms with Crippen LogP contribution in [0.25, 0.3) is 0 Å². The Balaban J connectivity index is 2.28. The Morgan fingerprint density at radius 2 is 2.29 bits per heavy atom. The van der Waals surface area contributed by atoms with Crippen molar-refractivity contribution in [1.29, 1.82) is 5.26 Å². The van der Waals surface area contributed by atoms with Gasteiger partial charge in [0.05, 0.1) is 11.3 Å². The van der Waals surface area contributed by atoms with Crippen LogP contribution in [-0.2, 0) is 0 Å². The Kier molecular flexibility index (Phi) is 3.70. The first-order valence-corrected chi connectivity index (χ1v) is 6.61. The van der Waals surface area contributed by atoms with Gasteiger partial charge in [0.15, 0.2) is 0 Å². The number of anilines is 1. The van der Waals surface area contributed by atoms with Crippen molar-refractivity contribution in [1.82, 2.24) is 0 Å². The van der Waals surface area contributed by atoms with Crippen molar-refractivity contribution >= 4 is 21.6 Å². The van der Waals surface area contributed by atoms with Crippen LogP contribution in [0.3, 0.4) is 0 Å². The van der Waals surface area contributed by atoms with E-state index in [0.29, 0.717) is 5.92 Å². The van der Waals surface area contributed by atoms with Crippen LogP contribution < -0.4 is 10.6 Å². The molecule has 1 fully saturated rings. The zero-order chi connectivity index (χ0) is 12.4. The van der Waals surface area contributed by atoms with Crippen LogP contribution in [0.15, 0.2) is 22.7 Å². The largest absolute Gasteiger partial charge is 0.369 e. The van der Waals surface area contributed by atoms with E-state index in [9.17, 15) is 0 Å². The zero-order valence-corrected chi connectivity index (χ0v) is 11.4. The van der Waals surface area contributed by atoms with Crippen molar-refractivity contribution in [2.75, 3.05) is 18.0 Å². The Hall–Kier alpha value is -1.05. The predicted molar refractivity (Wildman–Crippen MR) is 72.8 cm³/mol. The van der Waals surface area contributed by atoms with Crippen LogP contribution in [0.2, 0.25) is 0 Å². The van der Waals surface area contributed by atoms with Gasteiger partial charge in [0.1, 0.15) is 6.07 Å². The summed E-state index contributed by atoms with van der Waals surface area (Å²) in [6.07, 6.45) is 1.08. The van der Waals surface area contributed by atoms with Crippen molar-refractivity contribution in [2.24, 2.45) is 11.7 Å². The second kappa shape index (κ2) is 5.07. The molecule has 2 N–H and O–H groups in total. The van der Waals surface area contributed by atoms with Gasteiger partial charge in [-0.25, -0.2) is 0 Å². The molecule has 1 saturated heterocycles. The summed E-state index contributed by atoms with van der Waals surface area (Å²) in [5, 5.41) is 9.13. The third kappa shape index (κ3) is 2.62. The van der Waals surface area contributed by atoms with E-state index in [0.717, 1.165) is 35.2 Å². The van der Waals surface area contributed by atoms with E-state index in [1.165, 1.54) is 0 Å². The van der Waals surface area contributed by atoms with Gasteiger partial charge in [0, 0.05) is 23.6 Å². The summed E-state index contributed by atoms with van der Waals surface area (Å²) >= 11 is 3.45. The molecule has 1 heterocycles. The van der Waals surface area contributed by atoms with E-state index >= 15 is 0 Å². The van der Waals surface area contributed by atoms with E-state index in [2.05, 4.69) is 33.8 Å². The quantitative estimate of drug-likeness (QED) is 0.865. The first-order valence-electron chi connectivity index (χ1n) is 5.82. The van der Waals surface area contributed by atoms with Gasteiger partial charge < -0.3 is 10.6 Å². The molecule has 1 aliphatic rings. The minimum absolute atomic E-state index is 0.189. The van der Waals surface area contributed by atoms with Crippen molar-refractivity contribution in [3.05, 3.63) is 28.2 Å². The lowest BCUT2D eigenvalue weighted by atomic mass is 9.93. The minimum Gasteiger partial charge on any atom is -0.369 e. The normalized spacial score (nSPS) is 24.5. The fourth-order valence-corrected chi connectivity index (χ4v) is 2.53. The molecule has 0 aliphatic carbocycles. The summed E-state index contributed by atoms with van der Waals surface area (Å²) in [7, 11) is 0. The molecule has 2 rings (SSSR count). The maximum Gasteiger partial charge on any atom is 0.101 e. The lowest BCUT2D eigenvalue weighted by Crippen LogP contribution is -2.47. The van der Waals surface area contributed by atoms with Gasteiger partial charge >= 0.3 is 0 Å². The molecule has 0 radical (unpaired) electrons. The third-order valence-corrected chi connectivity index (χ3v) is 3.93. The average molecular weight is 294 g/mol. The number of piperidine rings is 1. The molecule has 4 heteroatoms. The summed E-state index contributed by atoms with van der Waals surface area (Å²) in [5.74, 6) is 0.559. The van der Waals surface area contributed by atoms with E-state index in [1.807, 2.05) is 18.2 Å². The number of hydrogen-bond donors (Lipinski definition) is 1. The molecule has 2 unspecified atom stereocenters. The number of halogens is 1. The molecular weight excluding hydrogens is 278 g/mol. The summed E-state index contributed by atoms with van der Waals surface area (Å²) in [5.41, 5.74) is 7.81. The SMILES string of the molecule is CC1CCN(c2cc(Br)ccc2C#N)CC1N. The highest BCUT2D eigenvalue weighted by Crippen LogP contribution is 2.28. The molecule has 0 amide bonds. The van der Waals surface area contributed by atoms with Crippen molar-refractivity contribution in [3.8, 4) is 6.07 Å². The number of hydrogen-bond acceptors (Lipinski definition) is 3. The molecule has 1 aliphatic heterocycles. The maximum absolute atomic E-state index is 9.13. The van der Waals surface area contributed by atoms with Gasteiger partial charge in [-0.3, -0.25) is 0 Å². The highest BCUT2D eigenvalue weighted by molar-refractivity contribution is 9.10. The fourth-order valence-electron chi connectivity index (χ4n) is 2.18. The lowest BCUT2D eigenvalue weighted by Gasteiger charge is -2.37. The molecule has 0 spiro atoms. The monoisotopic (exact) mass is 293 g/mol. The number of nitrogens with two attached hydrogens (primary N) is 1. The fraction of sp³-hybridized carbons (Fsp3) is 0.462. The standard InChI is InChI=1S/C13H16BrN3/c1-9-4-5-17(8-12(9)16)13-6-11(14)3-2-10(13)7-15/h2-3,6,9,12H,4-5,8,16H2,1H3. The van der Waals surface area contributed by atoms with Crippen molar-refractivity contribution < 1.29 is 0 Å². The van der Waals surface area contributed by atoms with Gasteiger partial charge in [-0.2, -0.15) is 5.26 Å². The predicted octanol–water partition coefficient (Wildman–Crippen LogP) is 2.49. The number of nitriles is 1. The molecule has 1 aromatic carbocycles. The van der Waals surface area contributed by atoms with Gasteiger partial charge in [-0.1, -0.05) is 22.9 Å². The van der Waals surface area contributed by atoms with Crippen LogP contribution in [0.1, 0.15) is 18.9 Å². The molecule has 3 nitrogen and oxygen atoms in total. The summed E-state index contributed by atoms with van der Waals surface area (Å²) < 4.78 is 0.999. The Morgan fingerprint density at radius 3 is 2.94 bits per heavy atom. The molecule has 0 saturated carbocycles. The highest BCUT2D eigenvalue weighted by Gasteiger charge is 2.24. The zero-order valence-electron chi connectivity index (χ0n) is 9.86. The molecular formula is C13H16BrN3. The van der Waals surface area contributed by atoms with Crippen molar-refractivity contribution in [3.63, 3.8) is 0 Å². The van der Waals surface area contributed by atoms with Crippen LogP contribution in [0, 0.1) is 17.2 Å². The number of rotatable bonds is 1. The van der Waals surface area contributed by atoms with Gasteiger partial charge in [0.25, 0.3) is 0 Å². The van der Waals surface area contributed by atoms with Gasteiger partial charge in [-0.05, 0) is 30.5 Å². The Bertz CT molecular complexity index is 452. The molecule has 0 bridgehead atoms.